The Kier molecular flexibility index (Phi) is 6.84. The molecule has 0 aliphatic rings. The number of thiophene rings is 1. The molecule has 2 aromatic carbocycles. The van der Waals surface area contributed by atoms with E-state index in [1.165, 1.54) is 18.2 Å². The number of nitrogens with one attached hydrogen (secondary N) is 1. The van der Waals surface area contributed by atoms with E-state index in [9.17, 15) is 21.2 Å². The molecule has 1 heterocycles. The fourth-order valence-electron chi connectivity index (χ4n) is 2.82. The summed E-state index contributed by atoms with van der Waals surface area (Å²) in [6.07, 6.45) is 0.315. The van der Waals surface area contributed by atoms with Crippen LogP contribution in [0.5, 0.6) is 0 Å². The molecule has 0 radical (unpaired) electrons. The van der Waals surface area contributed by atoms with E-state index in [0.717, 1.165) is 29.0 Å². The van der Waals surface area contributed by atoms with E-state index < -0.39 is 30.9 Å². The predicted molar refractivity (Wildman–Crippen MR) is 113 cm³/mol. The molecule has 0 amide bonds. The zero-order valence-corrected chi connectivity index (χ0v) is 17.8. The summed E-state index contributed by atoms with van der Waals surface area (Å²) in [6, 6.07) is 17.3. The van der Waals surface area contributed by atoms with Crippen LogP contribution in [0.4, 0.5) is 4.39 Å². The van der Waals surface area contributed by atoms with Gasteiger partial charge < -0.3 is 0 Å². The molecule has 0 fully saturated rings. The van der Waals surface area contributed by atoms with Crippen molar-refractivity contribution in [2.45, 2.75) is 15.9 Å². The van der Waals surface area contributed by atoms with Gasteiger partial charge in [0.2, 0.25) is 10.0 Å². The first kappa shape index (κ1) is 21.6. The standard InChI is InChI=1S/C20H20FNO4S3/c21-18-10-8-17(9-11-18)19(29(25,26)20-7-4-13-27-20)15-22-28(23,24)14-12-16-5-2-1-3-6-16/h1-11,13,19,22H,12,14-15H2/t19-/m0/s1. The highest BCUT2D eigenvalue weighted by atomic mass is 32.2. The van der Waals surface area contributed by atoms with E-state index in [0.29, 0.717) is 12.0 Å². The van der Waals surface area contributed by atoms with Gasteiger partial charge in [-0.25, -0.2) is 25.9 Å². The predicted octanol–water partition coefficient (Wildman–Crippen LogP) is 3.56. The second-order valence-corrected chi connectivity index (χ2v) is 11.7. The van der Waals surface area contributed by atoms with Gasteiger partial charge in [0, 0.05) is 6.54 Å². The number of rotatable bonds is 9. The maximum absolute atomic E-state index is 13.3. The largest absolute Gasteiger partial charge is 0.222 e. The Morgan fingerprint density at radius 1 is 0.897 bits per heavy atom. The fourth-order valence-corrected chi connectivity index (χ4v) is 6.86. The molecule has 9 heteroatoms. The molecule has 0 aliphatic heterocycles. The van der Waals surface area contributed by atoms with Crippen molar-refractivity contribution in [3.63, 3.8) is 0 Å². The van der Waals surface area contributed by atoms with Crippen LogP contribution in [0.15, 0.2) is 76.3 Å². The molecule has 0 saturated heterocycles. The van der Waals surface area contributed by atoms with Crippen LogP contribution in [0.25, 0.3) is 0 Å². The first-order valence-electron chi connectivity index (χ1n) is 8.82. The van der Waals surface area contributed by atoms with Gasteiger partial charge in [-0.15, -0.1) is 11.3 Å². The molecule has 0 bridgehead atoms. The van der Waals surface area contributed by atoms with Crippen molar-refractivity contribution in [3.05, 3.63) is 89.1 Å². The number of sulfonamides is 1. The van der Waals surface area contributed by atoms with Crippen molar-refractivity contribution in [2.75, 3.05) is 12.3 Å². The second kappa shape index (κ2) is 9.17. The Morgan fingerprint density at radius 2 is 1.59 bits per heavy atom. The van der Waals surface area contributed by atoms with Gasteiger partial charge in [-0.3, -0.25) is 0 Å². The summed E-state index contributed by atoms with van der Waals surface area (Å²) in [5.41, 5.74) is 1.20. The first-order valence-corrected chi connectivity index (χ1v) is 12.9. The average molecular weight is 454 g/mol. The minimum absolute atomic E-state index is 0.135. The highest BCUT2D eigenvalue weighted by molar-refractivity contribution is 7.93. The second-order valence-electron chi connectivity index (χ2n) is 6.42. The summed E-state index contributed by atoms with van der Waals surface area (Å²) in [6.45, 7) is -0.330. The van der Waals surface area contributed by atoms with Gasteiger partial charge in [-0.1, -0.05) is 48.5 Å². The molecule has 0 unspecified atom stereocenters. The third kappa shape index (κ3) is 5.72. The van der Waals surface area contributed by atoms with Gasteiger partial charge in [-0.2, -0.15) is 0 Å². The summed E-state index contributed by atoms with van der Waals surface area (Å²) < 4.78 is 66.8. The molecule has 3 aromatic rings. The van der Waals surface area contributed by atoms with Crippen molar-refractivity contribution in [1.29, 1.82) is 0 Å². The van der Waals surface area contributed by atoms with Crippen molar-refractivity contribution < 1.29 is 21.2 Å². The fraction of sp³-hybridized carbons (Fsp3) is 0.200. The first-order chi connectivity index (χ1) is 13.8. The van der Waals surface area contributed by atoms with Crippen LogP contribution in [0.3, 0.4) is 0 Å². The molecule has 0 spiro atoms. The van der Waals surface area contributed by atoms with Crippen LogP contribution in [0.1, 0.15) is 16.4 Å². The summed E-state index contributed by atoms with van der Waals surface area (Å²) in [5, 5.41) is 0.479. The average Bonchev–Trinajstić information content (AvgIpc) is 3.24. The lowest BCUT2D eigenvalue weighted by Crippen LogP contribution is -2.33. The van der Waals surface area contributed by atoms with Gasteiger partial charge in [0.05, 0.1) is 5.75 Å². The van der Waals surface area contributed by atoms with E-state index in [2.05, 4.69) is 4.72 Å². The van der Waals surface area contributed by atoms with Gasteiger partial charge >= 0.3 is 0 Å². The van der Waals surface area contributed by atoms with Crippen molar-refractivity contribution in [2.24, 2.45) is 0 Å². The smallest absolute Gasteiger partial charge is 0.211 e. The maximum atomic E-state index is 13.3. The van der Waals surface area contributed by atoms with Gasteiger partial charge in [0.15, 0.2) is 9.84 Å². The summed E-state index contributed by atoms with van der Waals surface area (Å²) >= 11 is 1.06. The van der Waals surface area contributed by atoms with Crippen LogP contribution in [-0.2, 0) is 26.3 Å². The maximum Gasteiger partial charge on any atom is 0.211 e. The van der Waals surface area contributed by atoms with E-state index in [1.807, 2.05) is 30.3 Å². The van der Waals surface area contributed by atoms with Crippen LogP contribution in [-0.4, -0.2) is 29.1 Å². The van der Waals surface area contributed by atoms with Crippen LogP contribution < -0.4 is 4.72 Å². The molecule has 0 aliphatic carbocycles. The normalized spacial score (nSPS) is 13.3. The number of benzene rings is 2. The van der Waals surface area contributed by atoms with Crippen LogP contribution in [0, 0.1) is 5.82 Å². The molecule has 1 N–H and O–H groups in total. The van der Waals surface area contributed by atoms with E-state index >= 15 is 0 Å². The molecule has 1 atom stereocenters. The topological polar surface area (TPSA) is 80.3 Å². The zero-order chi connectivity index (χ0) is 20.9. The molecule has 154 valence electrons. The Bertz CT molecular complexity index is 1130. The minimum Gasteiger partial charge on any atom is -0.222 e. The number of sulfone groups is 1. The minimum atomic E-state index is -3.84. The van der Waals surface area contributed by atoms with Crippen molar-refractivity contribution in [1.82, 2.24) is 4.72 Å². The summed E-state index contributed by atoms with van der Waals surface area (Å²) in [5.74, 6) is -0.656. The van der Waals surface area contributed by atoms with Gasteiger partial charge in [-0.05, 0) is 41.1 Å². The quantitative estimate of drug-likeness (QED) is 0.537. The van der Waals surface area contributed by atoms with Crippen molar-refractivity contribution in [3.8, 4) is 0 Å². The molecule has 0 saturated carbocycles. The molecule has 1 aromatic heterocycles. The highest BCUT2D eigenvalue weighted by Crippen LogP contribution is 2.31. The molecular formula is C20H20FNO4S3. The zero-order valence-electron chi connectivity index (χ0n) is 15.4. The number of hydrogen-bond donors (Lipinski definition) is 1. The summed E-state index contributed by atoms with van der Waals surface area (Å²) in [7, 11) is -7.55. The number of aryl methyl sites for hydroxylation is 1. The third-order valence-corrected chi connectivity index (χ3v) is 9.26. The van der Waals surface area contributed by atoms with Crippen LogP contribution >= 0.6 is 11.3 Å². The van der Waals surface area contributed by atoms with Gasteiger partial charge in [0.1, 0.15) is 15.3 Å². The van der Waals surface area contributed by atoms with E-state index in [1.54, 1.807) is 11.4 Å². The molecule has 29 heavy (non-hydrogen) atoms. The number of hydrogen-bond acceptors (Lipinski definition) is 5. The monoisotopic (exact) mass is 453 g/mol. The lowest BCUT2D eigenvalue weighted by Gasteiger charge is -2.18. The molecular weight excluding hydrogens is 433 g/mol. The van der Waals surface area contributed by atoms with Crippen molar-refractivity contribution >= 4 is 31.2 Å². The Balaban J connectivity index is 1.79. The Labute approximate surface area is 174 Å². The van der Waals surface area contributed by atoms with Crippen LogP contribution in [0.2, 0.25) is 0 Å². The van der Waals surface area contributed by atoms with Gasteiger partial charge in [0.25, 0.3) is 0 Å². The Hall–Kier alpha value is -2.07. The summed E-state index contributed by atoms with van der Waals surface area (Å²) in [4.78, 5) is 0. The third-order valence-electron chi connectivity index (χ3n) is 4.38. The van der Waals surface area contributed by atoms with E-state index in [-0.39, 0.29) is 16.5 Å². The highest BCUT2D eigenvalue weighted by Gasteiger charge is 2.31. The molecule has 5 nitrogen and oxygen atoms in total. The van der Waals surface area contributed by atoms with E-state index in [4.69, 9.17) is 0 Å². The number of halogens is 1. The molecule has 3 rings (SSSR count). The lowest BCUT2D eigenvalue weighted by atomic mass is 10.1. The lowest BCUT2D eigenvalue weighted by molar-refractivity contribution is 0.568. The Morgan fingerprint density at radius 3 is 2.21 bits per heavy atom. The SMILES string of the molecule is O=S(=O)(CCc1ccccc1)NC[C@@H](c1ccc(F)cc1)S(=O)(=O)c1cccs1.